The Morgan fingerprint density at radius 1 is 0.944 bits per heavy atom. The zero-order chi connectivity index (χ0) is 40.9. The number of aliphatic carboxylic acids is 1. The first-order valence-electron chi connectivity index (χ1n) is 19.2. The molecule has 4 amide bonds. The topological polar surface area (TPSA) is 158 Å². The van der Waals surface area contributed by atoms with Gasteiger partial charge in [0.25, 0.3) is 0 Å². The number of carboxylic acids is 1. The van der Waals surface area contributed by atoms with Gasteiger partial charge in [0.1, 0.15) is 18.1 Å². The summed E-state index contributed by atoms with van der Waals surface area (Å²) in [5.41, 5.74) is 0.785. The van der Waals surface area contributed by atoms with Crippen LogP contribution in [-0.4, -0.2) is 132 Å². The zero-order valence-corrected chi connectivity index (χ0v) is 35.4. The third-order valence-corrected chi connectivity index (χ3v) is 11.8. The van der Waals surface area contributed by atoms with E-state index in [0.29, 0.717) is 19.4 Å². The van der Waals surface area contributed by atoms with E-state index < -0.39 is 60.2 Å². The number of likely N-dealkylation sites (N-methyl/N-ethyl adjacent to an activating group) is 2. The first-order chi connectivity index (χ1) is 25.4. The van der Waals surface area contributed by atoms with Gasteiger partial charge >= 0.3 is 5.97 Å². The average Bonchev–Trinajstić information content (AvgIpc) is 3.62. The molecule has 0 spiro atoms. The van der Waals surface area contributed by atoms with Gasteiger partial charge in [0.2, 0.25) is 23.6 Å². The third kappa shape index (κ3) is 12.4. The molecule has 14 heteroatoms. The number of hydrogen-bond donors (Lipinski definition) is 3. The van der Waals surface area contributed by atoms with E-state index in [4.69, 9.17) is 9.47 Å². The van der Waals surface area contributed by atoms with Gasteiger partial charge in [-0.3, -0.25) is 19.2 Å². The Morgan fingerprint density at radius 2 is 1.57 bits per heavy atom. The first kappa shape index (κ1) is 47.0. The van der Waals surface area contributed by atoms with Crippen molar-refractivity contribution < 1.29 is 38.6 Å². The van der Waals surface area contributed by atoms with Crippen LogP contribution in [0.1, 0.15) is 79.7 Å². The Hall–Kier alpha value is -3.20. The molecule has 1 heterocycles. The van der Waals surface area contributed by atoms with E-state index in [0.717, 1.165) is 12.0 Å². The van der Waals surface area contributed by atoms with E-state index in [1.165, 1.54) is 19.1 Å². The fourth-order valence-electron chi connectivity index (χ4n) is 7.63. The van der Waals surface area contributed by atoms with Crippen molar-refractivity contribution in [3.05, 3.63) is 35.9 Å². The smallest absolute Gasteiger partial charge is 0.326 e. The number of rotatable bonds is 22. The molecule has 54 heavy (non-hydrogen) atoms. The molecule has 0 bridgehead atoms. The molecule has 13 nitrogen and oxygen atoms in total. The predicted molar refractivity (Wildman–Crippen MR) is 213 cm³/mol. The highest BCUT2D eigenvalue weighted by Gasteiger charge is 2.43. The quantitative estimate of drug-likeness (QED) is 0.147. The Labute approximate surface area is 327 Å². The summed E-state index contributed by atoms with van der Waals surface area (Å²) in [6.07, 6.45) is 2.72. The van der Waals surface area contributed by atoms with Gasteiger partial charge in [0.05, 0.1) is 36.6 Å². The van der Waals surface area contributed by atoms with Gasteiger partial charge in [-0.2, -0.15) is 0 Å². The van der Waals surface area contributed by atoms with Crippen LogP contribution in [0, 0.1) is 23.7 Å². The highest BCUT2D eigenvalue weighted by molar-refractivity contribution is 7.96. The molecule has 1 fully saturated rings. The normalized spacial score (nSPS) is 19.1. The maximum atomic E-state index is 14.3. The van der Waals surface area contributed by atoms with Gasteiger partial charge < -0.3 is 35.0 Å². The van der Waals surface area contributed by atoms with Gasteiger partial charge in [0, 0.05) is 34.2 Å². The molecule has 0 radical (unpaired) electrons. The van der Waals surface area contributed by atoms with Crippen LogP contribution < -0.4 is 10.6 Å². The summed E-state index contributed by atoms with van der Waals surface area (Å²) in [6, 6.07) is 5.85. The average molecular weight is 778 g/mol. The highest BCUT2D eigenvalue weighted by atomic mass is 32.2. The van der Waals surface area contributed by atoms with E-state index in [-0.39, 0.29) is 48.3 Å². The van der Waals surface area contributed by atoms with E-state index in [1.54, 1.807) is 30.9 Å². The largest absolute Gasteiger partial charge is 0.480 e. The van der Waals surface area contributed by atoms with Crippen molar-refractivity contribution in [3.63, 3.8) is 0 Å². The van der Waals surface area contributed by atoms with Crippen molar-refractivity contribution in [2.45, 2.75) is 123 Å². The summed E-state index contributed by atoms with van der Waals surface area (Å²) in [7, 11) is 6.62. The van der Waals surface area contributed by atoms with E-state index in [1.807, 2.05) is 89.5 Å². The Bertz CT molecular complexity index is 1370. The van der Waals surface area contributed by atoms with Crippen molar-refractivity contribution in [1.82, 2.24) is 24.7 Å². The molecule has 1 aliphatic heterocycles. The van der Waals surface area contributed by atoms with Crippen molar-refractivity contribution in [3.8, 4) is 0 Å². The third-order valence-electron chi connectivity index (χ3n) is 11.0. The van der Waals surface area contributed by atoms with Gasteiger partial charge in [-0.1, -0.05) is 97.2 Å². The van der Waals surface area contributed by atoms with Gasteiger partial charge in [-0.15, -0.1) is 0 Å². The summed E-state index contributed by atoms with van der Waals surface area (Å²) in [4.78, 5) is 71.0. The molecule has 1 aliphatic rings. The summed E-state index contributed by atoms with van der Waals surface area (Å²) >= 11 is 1.46. The van der Waals surface area contributed by atoms with E-state index in [2.05, 4.69) is 10.6 Å². The van der Waals surface area contributed by atoms with Crippen LogP contribution in [0.4, 0.5) is 0 Å². The SMILES string of the molecule is CCC(C)[C@@H]([C@@H](CC(=O)N1CCC[C@H]1[C@H](OC)[C@@H](C)C(=O)NC(Cc1ccccc1)C(=O)O)OC)N(C)C(=O)[C@@H](NC(=O)[C@H](C(C)C)N(C)SC)C(C)C. The number of likely N-dealkylation sites (tertiary alicyclic amines) is 1. The molecule has 1 aromatic carbocycles. The molecule has 9 atom stereocenters. The van der Waals surface area contributed by atoms with Gasteiger partial charge in [-0.25, -0.2) is 9.10 Å². The second kappa shape index (κ2) is 22.4. The number of nitrogens with zero attached hydrogens (tertiary/aromatic N) is 3. The van der Waals surface area contributed by atoms with Gasteiger partial charge in [0.15, 0.2) is 0 Å². The lowest BCUT2D eigenvalue weighted by Gasteiger charge is -2.41. The molecular formula is C40H67N5O8S. The van der Waals surface area contributed by atoms with Crippen LogP contribution in [0.25, 0.3) is 0 Å². The van der Waals surface area contributed by atoms with Crippen molar-refractivity contribution in [2.24, 2.45) is 23.7 Å². The standard InChI is InChI=1S/C40H67N5O8S/c1-13-26(6)35(43(8)39(49)33(24(2)3)42-38(48)34(25(4)5)44(9)54-12)31(52-10)23-32(46)45-21-17-20-30(45)36(53-11)27(7)37(47)41-29(40(50)51)22-28-18-15-14-16-19-28/h14-16,18-19,24-27,29-31,33-36H,13,17,20-23H2,1-12H3,(H,41,47)(H,42,48)(H,50,51)/t26?,27-,29?,30+,31-,33+,34+,35+,36-/m1/s1. The Morgan fingerprint density at radius 3 is 2.07 bits per heavy atom. The molecule has 2 unspecified atom stereocenters. The zero-order valence-electron chi connectivity index (χ0n) is 34.5. The number of benzene rings is 1. The van der Waals surface area contributed by atoms with Crippen molar-refractivity contribution in [2.75, 3.05) is 41.1 Å². The van der Waals surface area contributed by atoms with Crippen molar-refractivity contribution >= 4 is 41.5 Å². The van der Waals surface area contributed by atoms with E-state index in [9.17, 15) is 29.1 Å². The van der Waals surface area contributed by atoms with Crippen LogP contribution in [-0.2, 0) is 39.9 Å². The van der Waals surface area contributed by atoms with Crippen LogP contribution >= 0.6 is 11.9 Å². The summed E-state index contributed by atoms with van der Waals surface area (Å²) < 4.78 is 13.8. The monoisotopic (exact) mass is 777 g/mol. The number of ether oxygens (including phenoxy) is 2. The first-order valence-corrected chi connectivity index (χ1v) is 20.4. The number of nitrogens with one attached hydrogen (secondary N) is 2. The van der Waals surface area contributed by atoms with Gasteiger partial charge in [-0.05, 0) is 49.5 Å². The maximum Gasteiger partial charge on any atom is 0.326 e. The number of methoxy groups -OCH3 is 2. The fraction of sp³-hybridized carbons (Fsp3) is 0.725. The second-order valence-electron chi connectivity index (χ2n) is 15.3. The minimum absolute atomic E-state index is 0.0125. The number of carboxylic acid groups (broad SMARTS) is 1. The van der Waals surface area contributed by atoms with Crippen LogP contribution in [0.2, 0.25) is 0 Å². The van der Waals surface area contributed by atoms with Crippen LogP contribution in [0.5, 0.6) is 0 Å². The molecule has 3 N–H and O–H groups in total. The molecule has 1 saturated heterocycles. The molecular weight excluding hydrogens is 711 g/mol. The lowest BCUT2D eigenvalue weighted by atomic mass is 9.89. The number of carbonyl (C=O) groups excluding carboxylic acids is 4. The summed E-state index contributed by atoms with van der Waals surface area (Å²) in [5.74, 6) is -3.24. The number of hydrogen-bond acceptors (Lipinski definition) is 9. The number of amides is 4. The Kier molecular flexibility index (Phi) is 19.5. The predicted octanol–water partition coefficient (Wildman–Crippen LogP) is 4.09. The highest BCUT2D eigenvalue weighted by Crippen LogP contribution is 2.30. The lowest BCUT2D eigenvalue weighted by molar-refractivity contribution is -0.148. The molecule has 0 aromatic heterocycles. The lowest BCUT2D eigenvalue weighted by Crippen LogP contribution is -2.59. The maximum absolute atomic E-state index is 14.3. The second-order valence-corrected chi connectivity index (χ2v) is 16.3. The molecule has 0 saturated carbocycles. The minimum atomic E-state index is -1.14. The molecule has 2 rings (SSSR count). The molecule has 0 aliphatic carbocycles. The van der Waals surface area contributed by atoms with E-state index >= 15 is 0 Å². The van der Waals surface area contributed by atoms with Crippen LogP contribution in [0.15, 0.2) is 30.3 Å². The van der Waals surface area contributed by atoms with Crippen LogP contribution in [0.3, 0.4) is 0 Å². The fourth-order valence-corrected chi connectivity index (χ4v) is 8.20. The molecule has 1 aromatic rings. The Balaban J connectivity index is 2.28. The number of carbonyl (C=O) groups is 5. The molecule has 306 valence electrons. The van der Waals surface area contributed by atoms with Crippen molar-refractivity contribution in [1.29, 1.82) is 0 Å². The summed E-state index contributed by atoms with van der Waals surface area (Å²) in [5, 5.41) is 15.6. The summed E-state index contributed by atoms with van der Waals surface area (Å²) in [6.45, 7) is 14.0. The minimum Gasteiger partial charge on any atom is -0.480 e.